The Morgan fingerprint density at radius 1 is 1.46 bits per heavy atom. The normalized spacial score (nSPS) is 20.2. The van der Waals surface area contributed by atoms with Crippen LogP contribution in [0.2, 0.25) is 0 Å². The number of rotatable bonds is 6. The molecule has 0 saturated heterocycles. The monoisotopic (exact) mass is 395 g/mol. The van der Waals surface area contributed by atoms with Crippen molar-refractivity contribution in [2.45, 2.75) is 50.6 Å². The molecule has 1 heterocycles. The fourth-order valence-corrected chi connectivity index (χ4v) is 3.61. The number of aryl methyl sites for hydroxylation is 1. The van der Waals surface area contributed by atoms with Crippen LogP contribution in [0.5, 0.6) is 5.75 Å². The summed E-state index contributed by atoms with van der Waals surface area (Å²) >= 11 is 12.2. The second-order valence-corrected chi connectivity index (χ2v) is 7.49. The molecule has 1 aromatic carbocycles. The summed E-state index contributed by atoms with van der Waals surface area (Å²) in [5, 5.41) is 3.37. The summed E-state index contributed by atoms with van der Waals surface area (Å²) in [4.78, 5) is 12.5. The predicted molar refractivity (Wildman–Crippen MR) is 104 cm³/mol. The number of ether oxygens (including phenoxy) is 2. The second kappa shape index (κ2) is 8.83. The van der Waals surface area contributed by atoms with Crippen LogP contribution in [0.15, 0.2) is 41.1 Å². The summed E-state index contributed by atoms with van der Waals surface area (Å²) < 4.78 is 11.4. The molecule has 6 heteroatoms. The Morgan fingerprint density at radius 3 is 3.08 bits per heavy atom. The van der Waals surface area contributed by atoms with Crippen LogP contribution in [0, 0.1) is 0 Å². The molecule has 0 fully saturated rings. The lowest BCUT2D eigenvalue weighted by atomic mass is 10.0. The van der Waals surface area contributed by atoms with Gasteiger partial charge in [-0.1, -0.05) is 36.7 Å². The average molecular weight is 396 g/mol. The SMILES string of the molecule is CCC(OC1=C(Cl)CC(Cl)C=C1)C(=O)NCc1ccc2c(c1)CCCO2. The number of hydrogen-bond acceptors (Lipinski definition) is 3. The summed E-state index contributed by atoms with van der Waals surface area (Å²) in [6.45, 7) is 3.14. The van der Waals surface area contributed by atoms with Gasteiger partial charge in [0.15, 0.2) is 6.10 Å². The van der Waals surface area contributed by atoms with Gasteiger partial charge in [-0.3, -0.25) is 4.79 Å². The zero-order valence-corrected chi connectivity index (χ0v) is 16.3. The molecule has 0 spiro atoms. The van der Waals surface area contributed by atoms with Crippen molar-refractivity contribution in [2.75, 3.05) is 6.61 Å². The van der Waals surface area contributed by atoms with Crippen LogP contribution >= 0.6 is 23.2 Å². The first-order valence-corrected chi connectivity index (χ1v) is 9.78. The van der Waals surface area contributed by atoms with E-state index in [2.05, 4.69) is 11.4 Å². The molecule has 26 heavy (non-hydrogen) atoms. The molecule has 0 bridgehead atoms. The van der Waals surface area contributed by atoms with Gasteiger partial charge in [0.1, 0.15) is 11.5 Å². The van der Waals surface area contributed by atoms with E-state index in [1.54, 1.807) is 6.08 Å². The first kappa shape index (κ1) is 19.1. The fourth-order valence-electron chi connectivity index (χ4n) is 3.03. The third-order valence-electron chi connectivity index (χ3n) is 4.47. The highest BCUT2D eigenvalue weighted by Gasteiger charge is 2.22. The molecule has 1 aliphatic heterocycles. The van der Waals surface area contributed by atoms with Crippen molar-refractivity contribution in [3.05, 3.63) is 52.3 Å². The van der Waals surface area contributed by atoms with E-state index in [0.717, 1.165) is 30.8 Å². The Morgan fingerprint density at radius 2 is 2.31 bits per heavy atom. The second-order valence-electron chi connectivity index (χ2n) is 6.48. The van der Waals surface area contributed by atoms with Crippen LogP contribution in [0.25, 0.3) is 0 Å². The summed E-state index contributed by atoms with van der Waals surface area (Å²) in [6.07, 6.45) is 6.08. The predicted octanol–water partition coefficient (Wildman–Crippen LogP) is 4.44. The number of fused-ring (bicyclic) bond motifs is 1. The van der Waals surface area contributed by atoms with Crippen molar-refractivity contribution >= 4 is 29.1 Å². The van der Waals surface area contributed by atoms with E-state index in [0.29, 0.717) is 30.2 Å². The van der Waals surface area contributed by atoms with Crippen molar-refractivity contribution in [2.24, 2.45) is 0 Å². The molecule has 2 atom stereocenters. The number of carbonyl (C=O) groups is 1. The maximum absolute atomic E-state index is 12.5. The van der Waals surface area contributed by atoms with Gasteiger partial charge in [-0.25, -0.2) is 0 Å². The first-order chi connectivity index (χ1) is 12.6. The van der Waals surface area contributed by atoms with E-state index in [9.17, 15) is 4.79 Å². The van der Waals surface area contributed by atoms with E-state index in [1.165, 1.54) is 5.56 Å². The lowest BCUT2D eigenvalue weighted by molar-refractivity contribution is -0.130. The Kier molecular flexibility index (Phi) is 6.49. The van der Waals surface area contributed by atoms with E-state index >= 15 is 0 Å². The van der Waals surface area contributed by atoms with Gasteiger partial charge in [0.25, 0.3) is 5.91 Å². The molecule has 4 nitrogen and oxygen atoms in total. The minimum Gasteiger partial charge on any atom is -0.493 e. The minimum absolute atomic E-state index is 0.128. The topological polar surface area (TPSA) is 47.6 Å². The summed E-state index contributed by atoms with van der Waals surface area (Å²) in [5.41, 5.74) is 2.25. The number of halogens is 2. The van der Waals surface area contributed by atoms with E-state index in [4.69, 9.17) is 32.7 Å². The number of hydrogen-bond donors (Lipinski definition) is 1. The van der Waals surface area contributed by atoms with Crippen LogP contribution in [0.3, 0.4) is 0 Å². The Balaban J connectivity index is 1.58. The van der Waals surface area contributed by atoms with Gasteiger partial charge in [0.05, 0.1) is 17.0 Å². The minimum atomic E-state index is -0.587. The molecule has 2 unspecified atom stereocenters. The van der Waals surface area contributed by atoms with Gasteiger partial charge in [0, 0.05) is 13.0 Å². The van der Waals surface area contributed by atoms with Crippen molar-refractivity contribution < 1.29 is 14.3 Å². The number of alkyl halides is 1. The van der Waals surface area contributed by atoms with E-state index < -0.39 is 6.10 Å². The van der Waals surface area contributed by atoms with Gasteiger partial charge in [-0.05, 0) is 42.5 Å². The van der Waals surface area contributed by atoms with E-state index in [1.807, 2.05) is 25.1 Å². The van der Waals surface area contributed by atoms with Gasteiger partial charge in [0.2, 0.25) is 0 Å². The van der Waals surface area contributed by atoms with Crippen LogP contribution in [-0.2, 0) is 22.5 Å². The molecule has 0 aromatic heterocycles. The van der Waals surface area contributed by atoms with Gasteiger partial charge in [-0.2, -0.15) is 0 Å². The third-order valence-corrected chi connectivity index (χ3v) is 5.11. The molecule has 3 rings (SSSR count). The third kappa shape index (κ3) is 4.74. The standard InChI is InChI=1S/C20H23Cl2NO3/c1-2-17(26-19-8-6-15(21)11-16(19)22)20(24)23-12-13-5-7-18-14(10-13)4-3-9-25-18/h5-8,10,15,17H,2-4,9,11-12H2,1H3,(H,23,24). The summed E-state index contributed by atoms with van der Waals surface area (Å²) in [6, 6.07) is 6.06. The highest BCUT2D eigenvalue weighted by Crippen LogP contribution is 2.28. The van der Waals surface area contributed by atoms with Crippen LogP contribution in [-0.4, -0.2) is 24.0 Å². The molecule has 1 aliphatic carbocycles. The first-order valence-electron chi connectivity index (χ1n) is 8.96. The Bertz CT molecular complexity index is 730. The van der Waals surface area contributed by atoms with Crippen LogP contribution < -0.4 is 10.1 Å². The molecule has 1 N–H and O–H groups in total. The summed E-state index contributed by atoms with van der Waals surface area (Å²) in [5.74, 6) is 1.32. The van der Waals surface area contributed by atoms with Crippen molar-refractivity contribution in [3.8, 4) is 5.75 Å². The maximum atomic E-state index is 12.5. The van der Waals surface area contributed by atoms with Crippen LogP contribution in [0.1, 0.15) is 37.3 Å². The lowest BCUT2D eigenvalue weighted by Crippen LogP contribution is -2.35. The molecule has 0 radical (unpaired) electrons. The van der Waals surface area contributed by atoms with Gasteiger partial charge < -0.3 is 14.8 Å². The molecular formula is C20H23Cl2NO3. The molecule has 0 saturated carbocycles. The highest BCUT2D eigenvalue weighted by atomic mass is 35.5. The molecule has 1 amide bonds. The maximum Gasteiger partial charge on any atom is 0.261 e. The molecule has 2 aliphatic rings. The smallest absolute Gasteiger partial charge is 0.261 e. The molecular weight excluding hydrogens is 373 g/mol. The zero-order chi connectivity index (χ0) is 18.5. The zero-order valence-electron chi connectivity index (χ0n) is 14.8. The summed E-state index contributed by atoms with van der Waals surface area (Å²) in [7, 11) is 0. The number of benzene rings is 1. The van der Waals surface area contributed by atoms with Crippen LogP contribution in [0.4, 0.5) is 0 Å². The fraction of sp³-hybridized carbons (Fsp3) is 0.450. The largest absolute Gasteiger partial charge is 0.493 e. The molecule has 1 aromatic rings. The van der Waals surface area contributed by atoms with Gasteiger partial charge >= 0.3 is 0 Å². The van der Waals surface area contributed by atoms with E-state index in [-0.39, 0.29) is 11.3 Å². The highest BCUT2D eigenvalue weighted by molar-refractivity contribution is 6.31. The Labute approximate surface area is 164 Å². The quantitative estimate of drug-likeness (QED) is 0.724. The lowest BCUT2D eigenvalue weighted by Gasteiger charge is -2.22. The average Bonchev–Trinajstić information content (AvgIpc) is 2.65. The number of carbonyl (C=O) groups excluding carboxylic acids is 1. The van der Waals surface area contributed by atoms with Crippen molar-refractivity contribution in [3.63, 3.8) is 0 Å². The number of allylic oxidation sites excluding steroid dienone is 3. The van der Waals surface area contributed by atoms with Crippen molar-refractivity contribution in [1.82, 2.24) is 5.32 Å². The number of amides is 1. The number of nitrogens with one attached hydrogen (secondary N) is 1. The molecule has 140 valence electrons. The van der Waals surface area contributed by atoms with Gasteiger partial charge in [-0.15, -0.1) is 11.6 Å². The Hall–Kier alpha value is -1.65. The van der Waals surface area contributed by atoms with Crippen molar-refractivity contribution in [1.29, 1.82) is 0 Å².